The SMILES string of the molecule is O=C(O)N(C(F)(F)CS(=O)(=O)O)C12CCC(CC1)C2. The van der Waals surface area contributed by atoms with Crippen molar-refractivity contribution < 1.29 is 31.7 Å². The minimum Gasteiger partial charge on any atom is -0.465 e. The summed E-state index contributed by atoms with van der Waals surface area (Å²) in [6, 6.07) is -4.13. The van der Waals surface area contributed by atoms with Gasteiger partial charge in [0.25, 0.3) is 10.1 Å². The number of amides is 1. The molecule has 0 radical (unpaired) electrons. The summed E-state index contributed by atoms with van der Waals surface area (Å²) < 4.78 is 57.7. The van der Waals surface area contributed by atoms with E-state index in [2.05, 4.69) is 0 Å². The van der Waals surface area contributed by atoms with Gasteiger partial charge in [-0.05, 0) is 38.0 Å². The minimum atomic E-state index is -4.97. The van der Waals surface area contributed by atoms with Crippen molar-refractivity contribution in [2.75, 3.05) is 5.75 Å². The Bertz CT molecular complexity index is 484. The molecule has 0 heterocycles. The molecule has 110 valence electrons. The molecule has 0 saturated heterocycles. The molecule has 0 aliphatic heterocycles. The lowest BCUT2D eigenvalue weighted by Crippen LogP contribution is -2.59. The van der Waals surface area contributed by atoms with Crippen LogP contribution in [0.1, 0.15) is 32.1 Å². The van der Waals surface area contributed by atoms with E-state index in [0.717, 1.165) is 0 Å². The molecule has 19 heavy (non-hydrogen) atoms. The maximum atomic E-state index is 13.9. The first kappa shape index (κ1) is 14.4. The lowest BCUT2D eigenvalue weighted by molar-refractivity contribution is -0.152. The Morgan fingerprint density at radius 1 is 1.37 bits per heavy atom. The van der Waals surface area contributed by atoms with Crippen LogP contribution in [0.4, 0.5) is 13.6 Å². The van der Waals surface area contributed by atoms with Crippen LogP contribution >= 0.6 is 0 Å². The summed E-state index contributed by atoms with van der Waals surface area (Å²) in [4.78, 5) is 11.1. The van der Waals surface area contributed by atoms with Gasteiger partial charge in [-0.2, -0.15) is 17.2 Å². The number of fused-ring (bicyclic) bond motifs is 2. The van der Waals surface area contributed by atoms with E-state index in [4.69, 9.17) is 9.66 Å². The van der Waals surface area contributed by atoms with Crippen LogP contribution in [-0.2, 0) is 10.1 Å². The van der Waals surface area contributed by atoms with Gasteiger partial charge in [-0.25, -0.2) is 9.69 Å². The van der Waals surface area contributed by atoms with Gasteiger partial charge in [0.05, 0.1) is 5.54 Å². The summed E-state index contributed by atoms with van der Waals surface area (Å²) in [6.07, 6.45) is 0.449. The number of rotatable bonds is 4. The Labute approximate surface area is 109 Å². The van der Waals surface area contributed by atoms with Crippen LogP contribution in [0.3, 0.4) is 0 Å². The molecule has 2 bridgehead atoms. The van der Waals surface area contributed by atoms with E-state index >= 15 is 0 Å². The van der Waals surface area contributed by atoms with Gasteiger partial charge in [-0.1, -0.05) is 0 Å². The van der Waals surface area contributed by atoms with E-state index < -0.39 is 33.5 Å². The van der Waals surface area contributed by atoms with Crippen LogP contribution in [-0.4, -0.2) is 46.4 Å². The molecule has 2 saturated carbocycles. The monoisotopic (exact) mass is 299 g/mol. The molecule has 2 aliphatic rings. The zero-order chi connectivity index (χ0) is 14.5. The van der Waals surface area contributed by atoms with Crippen molar-refractivity contribution in [1.82, 2.24) is 4.90 Å². The topological polar surface area (TPSA) is 94.9 Å². The van der Waals surface area contributed by atoms with Gasteiger partial charge in [0.15, 0.2) is 5.75 Å². The summed E-state index contributed by atoms with van der Waals surface area (Å²) >= 11 is 0. The van der Waals surface area contributed by atoms with Crippen molar-refractivity contribution in [3.05, 3.63) is 0 Å². The zero-order valence-electron chi connectivity index (χ0n) is 10.1. The molecule has 2 fully saturated rings. The molecule has 9 heteroatoms. The highest BCUT2D eigenvalue weighted by Gasteiger charge is 2.59. The summed E-state index contributed by atoms with van der Waals surface area (Å²) in [7, 11) is -4.97. The first-order valence-electron chi connectivity index (χ1n) is 5.92. The van der Waals surface area contributed by atoms with Crippen LogP contribution in [0.5, 0.6) is 0 Å². The molecule has 2 rings (SSSR count). The van der Waals surface area contributed by atoms with Crippen LogP contribution < -0.4 is 0 Å². The van der Waals surface area contributed by atoms with Crippen molar-refractivity contribution in [3.63, 3.8) is 0 Å². The van der Waals surface area contributed by atoms with Crippen LogP contribution in [0.2, 0.25) is 0 Å². The second-order valence-electron chi connectivity index (χ2n) is 5.38. The van der Waals surface area contributed by atoms with Gasteiger partial charge < -0.3 is 5.11 Å². The van der Waals surface area contributed by atoms with Crippen molar-refractivity contribution in [1.29, 1.82) is 0 Å². The second-order valence-corrected chi connectivity index (χ2v) is 6.83. The average Bonchev–Trinajstić information content (AvgIpc) is 2.71. The fourth-order valence-corrected chi connectivity index (χ4v) is 4.02. The van der Waals surface area contributed by atoms with Gasteiger partial charge in [-0.15, -0.1) is 0 Å². The summed E-state index contributed by atoms with van der Waals surface area (Å²) in [5, 5.41) is 9.05. The number of nitrogens with zero attached hydrogens (tertiary/aromatic N) is 1. The van der Waals surface area contributed by atoms with Crippen molar-refractivity contribution in [3.8, 4) is 0 Å². The smallest absolute Gasteiger partial charge is 0.412 e. The number of halogens is 2. The molecule has 1 amide bonds. The molecule has 0 spiro atoms. The molecule has 2 N–H and O–H groups in total. The quantitative estimate of drug-likeness (QED) is 0.609. The predicted molar refractivity (Wildman–Crippen MR) is 60.5 cm³/mol. The highest BCUT2D eigenvalue weighted by molar-refractivity contribution is 7.85. The van der Waals surface area contributed by atoms with Crippen LogP contribution in [0, 0.1) is 5.92 Å². The van der Waals surface area contributed by atoms with Crippen molar-refractivity contribution >= 4 is 16.2 Å². The van der Waals surface area contributed by atoms with Crippen molar-refractivity contribution in [2.24, 2.45) is 5.92 Å². The Kier molecular flexibility index (Phi) is 3.25. The number of carboxylic acid groups (broad SMARTS) is 1. The first-order valence-corrected chi connectivity index (χ1v) is 7.53. The molecule has 0 aromatic heterocycles. The number of hydrogen-bond acceptors (Lipinski definition) is 3. The maximum absolute atomic E-state index is 13.9. The van der Waals surface area contributed by atoms with Crippen LogP contribution in [0.15, 0.2) is 0 Å². The Hall–Kier alpha value is -0.960. The Morgan fingerprint density at radius 2 is 1.89 bits per heavy atom. The fourth-order valence-electron chi connectivity index (χ4n) is 3.45. The average molecular weight is 299 g/mol. The number of hydrogen-bond donors (Lipinski definition) is 2. The number of alkyl halides is 2. The van der Waals surface area contributed by atoms with E-state index in [1.165, 1.54) is 0 Å². The highest BCUT2D eigenvalue weighted by Crippen LogP contribution is 2.53. The zero-order valence-corrected chi connectivity index (χ0v) is 10.9. The molecular weight excluding hydrogens is 284 g/mol. The molecule has 2 aliphatic carbocycles. The van der Waals surface area contributed by atoms with Gasteiger partial charge in [0.1, 0.15) is 0 Å². The summed E-state index contributed by atoms with van der Waals surface area (Å²) in [6.45, 7) is 0. The first-order chi connectivity index (χ1) is 8.56. The minimum absolute atomic E-state index is 0.0409. The van der Waals surface area contributed by atoms with E-state index in [1.54, 1.807) is 0 Å². The van der Waals surface area contributed by atoms with Gasteiger partial charge in [0.2, 0.25) is 0 Å². The maximum Gasteiger partial charge on any atom is 0.412 e. The van der Waals surface area contributed by atoms with E-state index in [9.17, 15) is 22.0 Å². The lowest BCUT2D eigenvalue weighted by atomic mass is 9.92. The van der Waals surface area contributed by atoms with E-state index in [1.807, 2.05) is 0 Å². The fraction of sp³-hybridized carbons (Fsp3) is 0.900. The largest absolute Gasteiger partial charge is 0.465 e. The standard InChI is InChI=1S/C10H15F2NO5S/c11-10(12,6-19(16,17)18)13(8(14)15)9-3-1-7(5-9)2-4-9/h7H,1-6H2,(H,14,15)(H,16,17,18). The molecule has 0 aromatic carbocycles. The van der Waals surface area contributed by atoms with E-state index in [0.29, 0.717) is 32.1 Å². The third kappa shape index (κ3) is 2.66. The third-order valence-corrected chi connectivity index (χ3v) is 4.77. The lowest BCUT2D eigenvalue weighted by Gasteiger charge is -2.42. The Morgan fingerprint density at radius 3 is 2.21 bits per heavy atom. The van der Waals surface area contributed by atoms with Crippen LogP contribution in [0.25, 0.3) is 0 Å². The summed E-state index contributed by atoms with van der Waals surface area (Å²) in [5.74, 6) is -1.68. The summed E-state index contributed by atoms with van der Waals surface area (Å²) in [5.41, 5.74) is -1.19. The van der Waals surface area contributed by atoms with Gasteiger partial charge in [-0.3, -0.25) is 4.55 Å². The number of carbonyl (C=O) groups is 1. The van der Waals surface area contributed by atoms with Gasteiger partial charge in [0, 0.05) is 0 Å². The molecule has 0 atom stereocenters. The van der Waals surface area contributed by atoms with E-state index in [-0.39, 0.29) is 10.8 Å². The van der Waals surface area contributed by atoms with Crippen molar-refractivity contribution in [2.45, 2.75) is 43.7 Å². The molecular formula is C10H15F2NO5S. The molecule has 0 unspecified atom stereocenters. The predicted octanol–water partition coefficient (Wildman–Crippen LogP) is 1.78. The Balaban J connectivity index is 2.33. The normalized spacial score (nSPS) is 30.6. The van der Waals surface area contributed by atoms with Gasteiger partial charge >= 0.3 is 12.1 Å². The molecule has 0 aromatic rings. The third-order valence-electron chi connectivity index (χ3n) is 4.05. The molecule has 6 nitrogen and oxygen atoms in total. The highest BCUT2D eigenvalue weighted by atomic mass is 32.2. The second kappa shape index (κ2) is 4.27.